The van der Waals surface area contributed by atoms with Crippen molar-refractivity contribution in [1.29, 1.82) is 0 Å². The van der Waals surface area contributed by atoms with Crippen molar-refractivity contribution in [2.45, 2.75) is 19.4 Å². The smallest absolute Gasteiger partial charge is 0.119 e. The van der Waals surface area contributed by atoms with Gasteiger partial charge in [0.25, 0.3) is 0 Å². The average Bonchev–Trinajstić information content (AvgIpc) is 2.51. The number of benzene rings is 2. The van der Waals surface area contributed by atoms with E-state index in [0.717, 1.165) is 24.3 Å². The van der Waals surface area contributed by atoms with Crippen LogP contribution in [0.15, 0.2) is 48.5 Å². The maximum atomic E-state index is 10.2. The highest BCUT2D eigenvalue weighted by Gasteiger charge is 2.07. The van der Waals surface area contributed by atoms with Crippen LogP contribution in [0.3, 0.4) is 0 Å². The number of nitrogens with one attached hydrogen (secondary N) is 1. The Balaban J connectivity index is 1.77. The molecule has 0 aliphatic rings. The molecule has 0 saturated carbocycles. The van der Waals surface area contributed by atoms with E-state index in [0.29, 0.717) is 6.54 Å². The van der Waals surface area contributed by atoms with E-state index < -0.39 is 6.10 Å². The second-order valence-electron chi connectivity index (χ2n) is 5.24. The van der Waals surface area contributed by atoms with Gasteiger partial charge in [0.1, 0.15) is 5.75 Å². The molecule has 2 aromatic carbocycles. The maximum Gasteiger partial charge on any atom is 0.119 e. The van der Waals surface area contributed by atoms with Gasteiger partial charge in [0, 0.05) is 6.54 Å². The lowest BCUT2D eigenvalue weighted by molar-refractivity contribution is 0.174. The van der Waals surface area contributed by atoms with E-state index in [4.69, 9.17) is 4.74 Å². The monoisotopic (exact) mass is 285 g/mol. The van der Waals surface area contributed by atoms with Crippen molar-refractivity contribution < 1.29 is 9.84 Å². The summed E-state index contributed by atoms with van der Waals surface area (Å²) in [5, 5.41) is 13.5. The van der Waals surface area contributed by atoms with Crippen LogP contribution >= 0.6 is 0 Å². The molecule has 0 spiro atoms. The molecular weight excluding hydrogens is 262 g/mol. The summed E-state index contributed by atoms with van der Waals surface area (Å²) in [6.45, 7) is 3.49. The minimum Gasteiger partial charge on any atom is -0.497 e. The fourth-order valence-corrected chi connectivity index (χ4v) is 2.31. The summed E-state index contributed by atoms with van der Waals surface area (Å²) < 4.78 is 5.17. The second kappa shape index (κ2) is 7.81. The lowest BCUT2D eigenvalue weighted by Gasteiger charge is -2.13. The van der Waals surface area contributed by atoms with Gasteiger partial charge in [0.05, 0.1) is 13.2 Å². The van der Waals surface area contributed by atoms with Crippen LogP contribution in [0.2, 0.25) is 0 Å². The molecule has 0 aromatic heterocycles. The molecule has 1 unspecified atom stereocenters. The van der Waals surface area contributed by atoms with Crippen molar-refractivity contribution in [2.75, 3.05) is 20.2 Å². The summed E-state index contributed by atoms with van der Waals surface area (Å²) in [6.07, 6.45) is 0.449. The lowest BCUT2D eigenvalue weighted by atomic mass is 10.1. The van der Waals surface area contributed by atoms with Crippen LogP contribution in [0.1, 0.15) is 22.8 Å². The Morgan fingerprint density at radius 3 is 2.71 bits per heavy atom. The van der Waals surface area contributed by atoms with Crippen molar-refractivity contribution in [3.05, 3.63) is 65.2 Å². The fraction of sp³-hybridized carbons (Fsp3) is 0.333. The Kier molecular flexibility index (Phi) is 5.78. The summed E-state index contributed by atoms with van der Waals surface area (Å²) in [4.78, 5) is 0. The van der Waals surface area contributed by atoms with E-state index in [1.807, 2.05) is 24.3 Å². The highest BCUT2D eigenvalue weighted by Crippen LogP contribution is 2.18. The Hall–Kier alpha value is -1.84. The number of aryl methyl sites for hydroxylation is 1. The molecule has 2 rings (SSSR count). The first-order valence-electron chi connectivity index (χ1n) is 7.27. The van der Waals surface area contributed by atoms with Gasteiger partial charge in [-0.25, -0.2) is 0 Å². The third-order valence-corrected chi connectivity index (χ3v) is 3.49. The molecule has 2 N–H and O–H groups in total. The van der Waals surface area contributed by atoms with Gasteiger partial charge in [-0.15, -0.1) is 0 Å². The van der Waals surface area contributed by atoms with Crippen LogP contribution in [0.4, 0.5) is 0 Å². The third kappa shape index (κ3) is 4.88. The molecule has 0 saturated heterocycles. The Labute approximate surface area is 126 Å². The van der Waals surface area contributed by atoms with Gasteiger partial charge in [-0.1, -0.05) is 42.0 Å². The fourth-order valence-electron chi connectivity index (χ4n) is 2.31. The number of hydrogen-bond acceptors (Lipinski definition) is 3. The first-order chi connectivity index (χ1) is 10.2. The molecule has 2 aromatic rings. The van der Waals surface area contributed by atoms with Crippen LogP contribution in [0.25, 0.3) is 0 Å². The Morgan fingerprint density at radius 1 is 1.14 bits per heavy atom. The van der Waals surface area contributed by atoms with E-state index in [1.54, 1.807) is 7.11 Å². The van der Waals surface area contributed by atoms with Gasteiger partial charge < -0.3 is 15.2 Å². The quantitative estimate of drug-likeness (QED) is 0.769. The minimum absolute atomic E-state index is 0.516. The summed E-state index contributed by atoms with van der Waals surface area (Å²) in [6, 6.07) is 16.1. The summed E-state index contributed by atoms with van der Waals surface area (Å²) >= 11 is 0. The van der Waals surface area contributed by atoms with Gasteiger partial charge in [0.2, 0.25) is 0 Å². The molecule has 0 aliphatic heterocycles. The number of ether oxygens (including phenoxy) is 1. The molecule has 1 atom stereocenters. The normalized spacial score (nSPS) is 12.1. The number of aliphatic hydroxyl groups excluding tert-OH is 1. The topological polar surface area (TPSA) is 41.5 Å². The largest absolute Gasteiger partial charge is 0.497 e. The van der Waals surface area contributed by atoms with Crippen LogP contribution in [-0.2, 0) is 6.42 Å². The number of methoxy groups -OCH3 is 1. The number of hydrogen-bond donors (Lipinski definition) is 2. The molecule has 0 amide bonds. The zero-order valence-corrected chi connectivity index (χ0v) is 12.7. The van der Waals surface area contributed by atoms with E-state index >= 15 is 0 Å². The summed E-state index contributed by atoms with van der Waals surface area (Å²) in [7, 11) is 1.63. The number of aliphatic hydroxyl groups is 1. The van der Waals surface area contributed by atoms with Gasteiger partial charge in [-0.05, 0) is 43.1 Å². The highest BCUT2D eigenvalue weighted by molar-refractivity contribution is 5.30. The lowest BCUT2D eigenvalue weighted by Crippen LogP contribution is -2.23. The molecule has 0 heterocycles. The van der Waals surface area contributed by atoms with E-state index in [2.05, 4.69) is 36.5 Å². The molecule has 3 nitrogen and oxygen atoms in total. The van der Waals surface area contributed by atoms with E-state index in [1.165, 1.54) is 11.1 Å². The third-order valence-electron chi connectivity index (χ3n) is 3.49. The van der Waals surface area contributed by atoms with Crippen molar-refractivity contribution >= 4 is 0 Å². The van der Waals surface area contributed by atoms with Crippen molar-refractivity contribution in [3.63, 3.8) is 0 Å². The second-order valence-corrected chi connectivity index (χ2v) is 5.24. The van der Waals surface area contributed by atoms with Crippen molar-refractivity contribution in [2.24, 2.45) is 0 Å². The van der Waals surface area contributed by atoms with Crippen molar-refractivity contribution in [1.82, 2.24) is 5.32 Å². The van der Waals surface area contributed by atoms with Gasteiger partial charge in [-0.2, -0.15) is 0 Å². The molecule has 3 heteroatoms. The standard InChI is InChI=1S/C18H23NO2/c1-14-5-3-6-15(11-14)9-10-19-13-18(20)16-7-4-8-17(12-16)21-2/h3-8,11-12,18-20H,9-10,13H2,1-2H3. The van der Waals surface area contributed by atoms with Gasteiger partial charge in [-0.3, -0.25) is 0 Å². The van der Waals surface area contributed by atoms with Crippen LogP contribution in [0, 0.1) is 6.92 Å². The maximum absolute atomic E-state index is 10.2. The molecule has 0 bridgehead atoms. The van der Waals surface area contributed by atoms with E-state index in [-0.39, 0.29) is 0 Å². The zero-order valence-electron chi connectivity index (χ0n) is 12.7. The Morgan fingerprint density at radius 2 is 1.95 bits per heavy atom. The molecule has 0 fully saturated rings. The molecule has 0 radical (unpaired) electrons. The predicted molar refractivity (Wildman–Crippen MR) is 85.7 cm³/mol. The SMILES string of the molecule is COc1cccc(C(O)CNCCc2cccc(C)c2)c1. The predicted octanol–water partition coefficient (Wildman–Crippen LogP) is 2.87. The zero-order chi connectivity index (χ0) is 15.1. The van der Waals surface area contributed by atoms with Crippen LogP contribution in [0.5, 0.6) is 5.75 Å². The molecule has 21 heavy (non-hydrogen) atoms. The highest BCUT2D eigenvalue weighted by atomic mass is 16.5. The van der Waals surface area contributed by atoms with Crippen LogP contribution in [-0.4, -0.2) is 25.3 Å². The first-order valence-corrected chi connectivity index (χ1v) is 7.27. The Bertz CT molecular complexity index is 569. The molecule has 112 valence electrons. The summed E-state index contributed by atoms with van der Waals surface area (Å²) in [5.41, 5.74) is 3.47. The van der Waals surface area contributed by atoms with Gasteiger partial charge in [0.15, 0.2) is 0 Å². The molecular formula is C18H23NO2. The van der Waals surface area contributed by atoms with Crippen LogP contribution < -0.4 is 10.1 Å². The van der Waals surface area contributed by atoms with Crippen molar-refractivity contribution in [3.8, 4) is 5.75 Å². The summed E-state index contributed by atoms with van der Waals surface area (Å²) in [5.74, 6) is 0.770. The van der Waals surface area contributed by atoms with Gasteiger partial charge >= 0.3 is 0 Å². The van der Waals surface area contributed by atoms with E-state index in [9.17, 15) is 5.11 Å². The average molecular weight is 285 g/mol. The first kappa shape index (κ1) is 15.5. The minimum atomic E-state index is -0.516. The number of rotatable bonds is 7. The molecule has 0 aliphatic carbocycles.